The quantitative estimate of drug-likeness (QED) is 0.896. The first-order valence-electron chi connectivity index (χ1n) is 8.55. The Balaban J connectivity index is 1.59. The smallest absolute Gasteiger partial charge is 0.232 e. The van der Waals surface area contributed by atoms with E-state index in [4.69, 9.17) is 0 Å². The summed E-state index contributed by atoms with van der Waals surface area (Å²) in [5.41, 5.74) is 2.47. The third-order valence-electron chi connectivity index (χ3n) is 5.55. The van der Waals surface area contributed by atoms with Crippen molar-refractivity contribution in [2.24, 2.45) is 11.3 Å². The Morgan fingerprint density at radius 3 is 3.17 bits per heavy atom. The fourth-order valence-electron chi connectivity index (χ4n) is 4.15. The minimum absolute atomic E-state index is 0.142. The number of nitrogens with one attached hydrogen (secondary N) is 2. The molecular formula is C17H22N6O. The Labute approximate surface area is 140 Å². The first-order valence-corrected chi connectivity index (χ1v) is 8.55. The summed E-state index contributed by atoms with van der Waals surface area (Å²) in [6.07, 6.45) is 6.04. The molecule has 1 saturated heterocycles. The number of fused-ring (bicyclic) bond motifs is 1. The van der Waals surface area contributed by atoms with E-state index in [2.05, 4.69) is 26.2 Å². The van der Waals surface area contributed by atoms with Crippen molar-refractivity contribution in [2.75, 3.05) is 18.4 Å². The van der Waals surface area contributed by atoms with Gasteiger partial charge >= 0.3 is 0 Å². The van der Waals surface area contributed by atoms with E-state index >= 15 is 0 Å². The van der Waals surface area contributed by atoms with Crippen LogP contribution in [0.15, 0.2) is 24.5 Å². The summed E-state index contributed by atoms with van der Waals surface area (Å²) in [6.45, 7) is 3.74. The summed E-state index contributed by atoms with van der Waals surface area (Å²) in [6, 6.07) is 5.86. The van der Waals surface area contributed by atoms with Gasteiger partial charge in [0, 0.05) is 12.2 Å². The van der Waals surface area contributed by atoms with Crippen molar-refractivity contribution in [1.29, 1.82) is 0 Å². The minimum atomic E-state index is -0.252. The van der Waals surface area contributed by atoms with Crippen LogP contribution in [0.2, 0.25) is 0 Å². The second-order valence-corrected chi connectivity index (χ2v) is 6.94. The highest BCUT2D eigenvalue weighted by molar-refractivity contribution is 5.96. The van der Waals surface area contributed by atoms with Gasteiger partial charge in [-0.3, -0.25) is 4.79 Å². The Hall–Kier alpha value is -2.28. The van der Waals surface area contributed by atoms with Crippen LogP contribution >= 0.6 is 0 Å². The van der Waals surface area contributed by atoms with Crippen molar-refractivity contribution in [3.63, 3.8) is 0 Å². The molecule has 2 atom stereocenters. The number of hydrogen-bond acceptors (Lipinski definition) is 5. The number of tetrazole rings is 1. The van der Waals surface area contributed by atoms with Gasteiger partial charge < -0.3 is 10.6 Å². The zero-order chi connectivity index (χ0) is 16.6. The van der Waals surface area contributed by atoms with Gasteiger partial charge in [0.25, 0.3) is 0 Å². The number of carbonyl (C=O) groups is 1. The molecule has 0 bridgehead atoms. The predicted octanol–water partition coefficient (Wildman–Crippen LogP) is 1.69. The average Bonchev–Trinajstić information content (AvgIpc) is 3.26. The van der Waals surface area contributed by atoms with Crippen LogP contribution in [0.1, 0.15) is 31.2 Å². The number of amides is 1. The zero-order valence-electron chi connectivity index (χ0n) is 13.8. The van der Waals surface area contributed by atoms with E-state index in [1.807, 2.05) is 25.1 Å². The molecule has 1 aliphatic carbocycles. The molecule has 126 valence electrons. The van der Waals surface area contributed by atoms with Crippen molar-refractivity contribution in [3.8, 4) is 5.69 Å². The summed E-state index contributed by atoms with van der Waals surface area (Å²) >= 11 is 0. The van der Waals surface area contributed by atoms with Crippen molar-refractivity contribution in [2.45, 2.75) is 32.6 Å². The fourth-order valence-corrected chi connectivity index (χ4v) is 4.15. The van der Waals surface area contributed by atoms with Crippen LogP contribution in [0.4, 0.5) is 5.69 Å². The molecule has 0 radical (unpaired) electrons. The molecule has 24 heavy (non-hydrogen) atoms. The number of rotatable bonds is 3. The molecule has 1 amide bonds. The lowest BCUT2D eigenvalue weighted by Gasteiger charge is -2.37. The molecule has 1 aromatic heterocycles. The van der Waals surface area contributed by atoms with Gasteiger partial charge in [-0.25, -0.2) is 4.68 Å². The summed E-state index contributed by atoms with van der Waals surface area (Å²) < 4.78 is 1.61. The van der Waals surface area contributed by atoms with E-state index in [0.29, 0.717) is 5.92 Å². The van der Waals surface area contributed by atoms with Crippen molar-refractivity contribution >= 4 is 11.6 Å². The summed E-state index contributed by atoms with van der Waals surface area (Å²) in [7, 11) is 0. The summed E-state index contributed by atoms with van der Waals surface area (Å²) in [5, 5.41) is 17.9. The van der Waals surface area contributed by atoms with Gasteiger partial charge in [0.1, 0.15) is 6.33 Å². The van der Waals surface area contributed by atoms with Gasteiger partial charge in [-0.1, -0.05) is 18.9 Å². The Kier molecular flexibility index (Phi) is 3.80. The standard InChI is InChI=1S/C17H22N6O/c1-12-5-6-14(8-15(12)23-11-19-21-22-23)20-16(24)17-7-3-2-4-13(17)9-18-10-17/h5-6,8,11,13,18H,2-4,7,9-10H2,1H3,(H,20,24)/t13-,17+/m0/s1. The largest absolute Gasteiger partial charge is 0.325 e. The molecule has 2 aliphatic rings. The van der Waals surface area contributed by atoms with E-state index < -0.39 is 0 Å². The second-order valence-electron chi connectivity index (χ2n) is 6.94. The van der Waals surface area contributed by atoms with Crippen LogP contribution in [0.25, 0.3) is 5.69 Å². The predicted molar refractivity (Wildman–Crippen MR) is 89.8 cm³/mol. The first kappa shape index (κ1) is 15.3. The molecule has 7 nitrogen and oxygen atoms in total. The van der Waals surface area contributed by atoms with Crippen molar-refractivity contribution in [1.82, 2.24) is 25.5 Å². The van der Waals surface area contributed by atoms with Crippen LogP contribution in [0.5, 0.6) is 0 Å². The Morgan fingerprint density at radius 2 is 2.33 bits per heavy atom. The monoisotopic (exact) mass is 326 g/mol. The van der Waals surface area contributed by atoms with E-state index in [0.717, 1.165) is 49.3 Å². The van der Waals surface area contributed by atoms with E-state index in [9.17, 15) is 4.79 Å². The lowest BCUT2D eigenvalue weighted by atomic mass is 9.67. The Bertz CT molecular complexity index is 744. The number of carbonyl (C=O) groups excluding carboxylic acids is 1. The number of nitrogens with zero attached hydrogens (tertiary/aromatic N) is 4. The lowest BCUT2D eigenvalue weighted by Crippen LogP contribution is -2.44. The van der Waals surface area contributed by atoms with Crippen LogP contribution in [0.3, 0.4) is 0 Å². The van der Waals surface area contributed by atoms with Crippen molar-refractivity contribution < 1.29 is 4.79 Å². The van der Waals surface area contributed by atoms with Crippen LogP contribution in [0, 0.1) is 18.3 Å². The van der Waals surface area contributed by atoms with E-state index in [1.165, 1.54) is 6.42 Å². The maximum atomic E-state index is 13.1. The Morgan fingerprint density at radius 1 is 1.42 bits per heavy atom. The van der Waals surface area contributed by atoms with Gasteiger partial charge in [0.05, 0.1) is 11.1 Å². The molecule has 1 saturated carbocycles. The molecule has 1 aliphatic heterocycles. The zero-order valence-corrected chi connectivity index (χ0v) is 13.8. The van der Waals surface area contributed by atoms with Crippen LogP contribution in [-0.2, 0) is 4.79 Å². The minimum Gasteiger partial charge on any atom is -0.325 e. The molecule has 1 aromatic carbocycles. The average molecular weight is 326 g/mol. The summed E-state index contributed by atoms with van der Waals surface area (Å²) in [4.78, 5) is 13.1. The fraction of sp³-hybridized carbons (Fsp3) is 0.529. The van der Waals surface area contributed by atoms with Crippen molar-refractivity contribution in [3.05, 3.63) is 30.1 Å². The number of benzene rings is 1. The first-order chi connectivity index (χ1) is 11.7. The molecule has 0 spiro atoms. The third kappa shape index (κ3) is 2.49. The molecule has 2 aromatic rings. The maximum absolute atomic E-state index is 13.1. The third-order valence-corrected chi connectivity index (χ3v) is 5.55. The molecule has 2 N–H and O–H groups in total. The van der Waals surface area contributed by atoms with Crippen LogP contribution < -0.4 is 10.6 Å². The van der Waals surface area contributed by atoms with Crippen LogP contribution in [-0.4, -0.2) is 39.2 Å². The molecule has 2 heterocycles. The molecule has 7 heteroatoms. The van der Waals surface area contributed by atoms with Gasteiger partial charge in [0.15, 0.2) is 0 Å². The molecule has 2 fully saturated rings. The highest BCUT2D eigenvalue weighted by atomic mass is 16.2. The van der Waals surface area contributed by atoms with E-state index in [-0.39, 0.29) is 11.3 Å². The number of aryl methyl sites for hydroxylation is 1. The van der Waals surface area contributed by atoms with Gasteiger partial charge in [-0.2, -0.15) is 0 Å². The molecule has 4 rings (SSSR count). The molecule has 0 unspecified atom stereocenters. The molecular weight excluding hydrogens is 304 g/mol. The lowest BCUT2D eigenvalue weighted by molar-refractivity contribution is -0.128. The highest BCUT2D eigenvalue weighted by Crippen LogP contribution is 2.44. The SMILES string of the molecule is Cc1ccc(NC(=O)[C@@]23CCCC[C@H]2CNC3)cc1-n1cnnn1. The number of hydrogen-bond donors (Lipinski definition) is 2. The highest BCUT2D eigenvalue weighted by Gasteiger charge is 2.49. The normalized spacial score (nSPS) is 26.1. The van der Waals surface area contributed by atoms with Gasteiger partial charge in [-0.05, 0) is 60.4 Å². The van der Waals surface area contributed by atoms with Gasteiger partial charge in [-0.15, -0.1) is 5.10 Å². The number of aromatic nitrogens is 4. The topological polar surface area (TPSA) is 84.7 Å². The maximum Gasteiger partial charge on any atom is 0.232 e. The second kappa shape index (κ2) is 5.98. The summed E-state index contributed by atoms with van der Waals surface area (Å²) in [5.74, 6) is 0.597. The van der Waals surface area contributed by atoms with E-state index in [1.54, 1.807) is 11.0 Å². The van der Waals surface area contributed by atoms with Gasteiger partial charge in [0.2, 0.25) is 5.91 Å². The number of anilines is 1.